The maximum absolute atomic E-state index is 5.97. The molecule has 4 nitrogen and oxygen atoms in total. The van der Waals surface area contributed by atoms with Crippen LogP contribution in [0.15, 0.2) is 47.0 Å². The first-order chi connectivity index (χ1) is 10.1. The average molecular weight is 300 g/mol. The highest BCUT2D eigenvalue weighted by molar-refractivity contribution is 6.30. The first-order valence-corrected chi connectivity index (χ1v) is 6.94. The summed E-state index contributed by atoms with van der Waals surface area (Å²) in [7, 11) is 0. The van der Waals surface area contributed by atoms with E-state index in [9.17, 15) is 0 Å². The number of aromatic nitrogens is 2. The summed E-state index contributed by atoms with van der Waals surface area (Å²) in [5.41, 5.74) is 9.45. The van der Waals surface area contributed by atoms with Gasteiger partial charge in [0, 0.05) is 22.7 Å². The molecule has 0 bridgehead atoms. The zero-order valence-electron chi connectivity index (χ0n) is 11.5. The molecule has 0 unspecified atom stereocenters. The van der Waals surface area contributed by atoms with E-state index < -0.39 is 0 Å². The molecule has 106 valence electrons. The molecule has 0 fully saturated rings. The molecule has 2 aromatic carbocycles. The van der Waals surface area contributed by atoms with Crippen LogP contribution in [-0.2, 0) is 6.42 Å². The molecule has 0 saturated heterocycles. The van der Waals surface area contributed by atoms with Crippen molar-refractivity contribution in [3.63, 3.8) is 0 Å². The Kier molecular flexibility index (Phi) is 3.62. The summed E-state index contributed by atoms with van der Waals surface area (Å²) in [4.78, 5) is 4.43. The molecule has 0 radical (unpaired) electrons. The van der Waals surface area contributed by atoms with Crippen LogP contribution in [0.5, 0.6) is 0 Å². The lowest BCUT2D eigenvalue weighted by Crippen LogP contribution is -1.93. The molecule has 1 aromatic heterocycles. The smallest absolute Gasteiger partial charge is 0.258 e. The third kappa shape index (κ3) is 2.90. The molecule has 3 rings (SSSR count). The number of hydrogen-bond donors (Lipinski definition) is 1. The molecule has 0 atom stereocenters. The van der Waals surface area contributed by atoms with E-state index >= 15 is 0 Å². The zero-order chi connectivity index (χ0) is 14.8. The molecule has 0 aliphatic carbocycles. The van der Waals surface area contributed by atoms with E-state index in [2.05, 4.69) is 10.1 Å². The van der Waals surface area contributed by atoms with Crippen LogP contribution in [0.3, 0.4) is 0 Å². The molecule has 1 heterocycles. The Hall–Kier alpha value is -2.33. The highest BCUT2D eigenvalue weighted by atomic mass is 35.5. The molecule has 0 aliphatic rings. The fourth-order valence-corrected chi connectivity index (χ4v) is 2.36. The van der Waals surface area contributed by atoms with Crippen LogP contribution >= 0.6 is 11.6 Å². The predicted octanol–water partition coefficient (Wildman–Crippen LogP) is 3.87. The summed E-state index contributed by atoms with van der Waals surface area (Å²) >= 11 is 5.97. The van der Waals surface area contributed by atoms with Crippen LogP contribution in [0.25, 0.3) is 11.5 Å². The topological polar surface area (TPSA) is 64.9 Å². The minimum Gasteiger partial charge on any atom is -0.398 e. The summed E-state index contributed by atoms with van der Waals surface area (Å²) in [5, 5.41) is 4.72. The van der Waals surface area contributed by atoms with Gasteiger partial charge >= 0.3 is 0 Å². The van der Waals surface area contributed by atoms with Gasteiger partial charge in [-0.3, -0.25) is 0 Å². The number of rotatable bonds is 3. The van der Waals surface area contributed by atoms with E-state index in [4.69, 9.17) is 21.9 Å². The predicted molar refractivity (Wildman–Crippen MR) is 83.1 cm³/mol. The second-order valence-corrected chi connectivity index (χ2v) is 5.28. The van der Waals surface area contributed by atoms with Gasteiger partial charge in [-0.25, -0.2) is 0 Å². The van der Waals surface area contributed by atoms with Crippen molar-refractivity contribution in [3.05, 3.63) is 64.4 Å². The van der Waals surface area contributed by atoms with Crippen LogP contribution in [0, 0.1) is 6.92 Å². The SMILES string of the molecule is Cc1c(N)cccc1-c1nc(Cc2cccc(Cl)c2)no1. The van der Waals surface area contributed by atoms with Crippen LogP contribution in [-0.4, -0.2) is 10.1 Å². The Labute approximate surface area is 127 Å². The van der Waals surface area contributed by atoms with E-state index in [0.29, 0.717) is 28.8 Å². The van der Waals surface area contributed by atoms with Gasteiger partial charge in [0.15, 0.2) is 5.82 Å². The highest BCUT2D eigenvalue weighted by Crippen LogP contribution is 2.26. The van der Waals surface area contributed by atoms with Gasteiger partial charge in [-0.05, 0) is 42.3 Å². The first kappa shape index (κ1) is 13.6. The number of nitrogens with zero attached hydrogens (tertiary/aromatic N) is 2. The molecular weight excluding hydrogens is 286 g/mol. The first-order valence-electron chi connectivity index (χ1n) is 6.56. The molecule has 5 heteroatoms. The number of benzene rings is 2. The van der Waals surface area contributed by atoms with Gasteiger partial charge in [0.2, 0.25) is 0 Å². The van der Waals surface area contributed by atoms with Gasteiger partial charge in [0.05, 0.1) is 0 Å². The molecule has 0 amide bonds. The molecule has 21 heavy (non-hydrogen) atoms. The van der Waals surface area contributed by atoms with Gasteiger partial charge in [-0.15, -0.1) is 0 Å². The van der Waals surface area contributed by atoms with Crippen LogP contribution in [0.1, 0.15) is 17.0 Å². The van der Waals surface area contributed by atoms with Gasteiger partial charge in [-0.2, -0.15) is 4.98 Å². The summed E-state index contributed by atoms with van der Waals surface area (Å²) in [6, 6.07) is 13.3. The largest absolute Gasteiger partial charge is 0.398 e. The second-order valence-electron chi connectivity index (χ2n) is 4.84. The summed E-state index contributed by atoms with van der Waals surface area (Å²) in [6.45, 7) is 1.94. The van der Waals surface area contributed by atoms with Crippen molar-refractivity contribution in [2.75, 3.05) is 5.73 Å². The lowest BCUT2D eigenvalue weighted by Gasteiger charge is -2.03. The van der Waals surface area contributed by atoms with E-state index in [1.54, 1.807) is 0 Å². The highest BCUT2D eigenvalue weighted by Gasteiger charge is 2.12. The Morgan fingerprint density at radius 1 is 1.19 bits per heavy atom. The minimum atomic E-state index is 0.483. The quantitative estimate of drug-likeness (QED) is 0.746. The van der Waals surface area contributed by atoms with E-state index in [-0.39, 0.29) is 0 Å². The Balaban J connectivity index is 1.88. The number of nitrogens with two attached hydrogens (primary N) is 1. The second kappa shape index (κ2) is 5.58. The van der Waals surface area contributed by atoms with Crippen LogP contribution in [0.2, 0.25) is 5.02 Å². The molecule has 2 N–H and O–H groups in total. The number of anilines is 1. The summed E-state index contributed by atoms with van der Waals surface area (Å²) in [6.07, 6.45) is 0.575. The number of hydrogen-bond acceptors (Lipinski definition) is 4. The molecular formula is C16H14ClN3O. The van der Waals surface area contributed by atoms with E-state index in [0.717, 1.165) is 16.7 Å². The summed E-state index contributed by atoms with van der Waals surface area (Å²) < 4.78 is 5.34. The van der Waals surface area contributed by atoms with Crippen molar-refractivity contribution in [1.82, 2.24) is 10.1 Å². The van der Waals surface area contributed by atoms with E-state index in [1.165, 1.54) is 0 Å². The van der Waals surface area contributed by atoms with Crippen molar-refractivity contribution >= 4 is 17.3 Å². The van der Waals surface area contributed by atoms with Crippen LogP contribution < -0.4 is 5.73 Å². The third-order valence-electron chi connectivity index (χ3n) is 3.33. The average Bonchev–Trinajstić information content (AvgIpc) is 2.90. The van der Waals surface area contributed by atoms with Gasteiger partial charge in [0.25, 0.3) is 5.89 Å². The fourth-order valence-electron chi connectivity index (χ4n) is 2.15. The lowest BCUT2D eigenvalue weighted by atomic mass is 10.1. The Morgan fingerprint density at radius 3 is 2.81 bits per heavy atom. The van der Waals surface area contributed by atoms with Gasteiger partial charge in [-0.1, -0.05) is 35.0 Å². The van der Waals surface area contributed by atoms with Crippen LogP contribution in [0.4, 0.5) is 5.69 Å². The van der Waals surface area contributed by atoms with Crippen molar-refractivity contribution in [2.45, 2.75) is 13.3 Å². The molecule has 0 spiro atoms. The number of nitrogen functional groups attached to an aromatic ring is 1. The van der Waals surface area contributed by atoms with Crippen molar-refractivity contribution in [2.24, 2.45) is 0 Å². The normalized spacial score (nSPS) is 10.8. The molecule has 0 saturated carbocycles. The lowest BCUT2D eigenvalue weighted by molar-refractivity contribution is 0.423. The molecule has 0 aliphatic heterocycles. The maximum Gasteiger partial charge on any atom is 0.258 e. The monoisotopic (exact) mass is 299 g/mol. The molecule has 3 aromatic rings. The zero-order valence-corrected chi connectivity index (χ0v) is 12.3. The maximum atomic E-state index is 5.97. The minimum absolute atomic E-state index is 0.483. The number of halogens is 1. The van der Waals surface area contributed by atoms with Crippen molar-refractivity contribution in [1.29, 1.82) is 0 Å². The van der Waals surface area contributed by atoms with E-state index in [1.807, 2.05) is 49.4 Å². The third-order valence-corrected chi connectivity index (χ3v) is 3.56. The summed E-state index contributed by atoms with van der Waals surface area (Å²) in [5.74, 6) is 1.10. The van der Waals surface area contributed by atoms with Gasteiger partial charge in [0.1, 0.15) is 0 Å². The fraction of sp³-hybridized carbons (Fsp3) is 0.125. The Bertz CT molecular complexity index is 783. The Morgan fingerprint density at radius 2 is 2.00 bits per heavy atom. The van der Waals surface area contributed by atoms with Crippen molar-refractivity contribution in [3.8, 4) is 11.5 Å². The van der Waals surface area contributed by atoms with Crippen molar-refractivity contribution < 1.29 is 4.52 Å². The standard InChI is InChI=1S/C16H14ClN3O/c1-10-13(6-3-7-14(10)18)16-19-15(20-21-16)9-11-4-2-5-12(17)8-11/h2-8H,9,18H2,1H3. The van der Waals surface area contributed by atoms with Gasteiger partial charge < -0.3 is 10.3 Å².